The summed E-state index contributed by atoms with van der Waals surface area (Å²) < 4.78 is 42.4. The summed E-state index contributed by atoms with van der Waals surface area (Å²) in [6.07, 6.45) is 1.65. The molecule has 0 heterocycles. The van der Waals surface area contributed by atoms with Crippen molar-refractivity contribution >= 4 is 20.0 Å². The highest BCUT2D eigenvalue weighted by Crippen LogP contribution is 1.98. The van der Waals surface area contributed by atoms with E-state index in [2.05, 4.69) is 0 Å². The molecule has 0 bridgehead atoms. The van der Waals surface area contributed by atoms with Crippen LogP contribution in [0.4, 0.5) is 0 Å². The largest absolute Gasteiger partial charge is 0.223 e. The standard InChI is InChI=1S/C3H9NO4S2.CH4/c1-4(9(2,5)6)10(3,7)8;/h1-3H3;1H4. The van der Waals surface area contributed by atoms with Gasteiger partial charge in [-0.1, -0.05) is 11.1 Å². The van der Waals surface area contributed by atoms with Gasteiger partial charge >= 0.3 is 0 Å². The quantitative estimate of drug-likeness (QED) is 0.605. The summed E-state index contributed by atoms with van der Waals surface area (Å²) in [5.41, 5.74) is 0. The Labute approximate surface area is 68.1 Å². The number of sulfonamides is 2. The van der Waals surface area contributed by atoms with Gasteiger partial charge in [0.15, 0.2) is 0 Å². The Hall–Kier alpha value is -0.140. The SMILES string of the molecule is C.CN(S(C)(=O)=O)S(C)(=O)=O. The lowest BCUT2D eigenvalue weighted by Crippen LogP contribution is -2.31. The summed E-state index contributed by atoms with van der Waals surface area (Å²) in [5.74, 6) is 0. The van der Waals surface area contributed by atoms with E-state index < -0.39 is 20.0 Å². The van der Waals surface area contributed by atoms with Gasteiger partial charge in [-0.3, -0.25) is 0 Å². The minimum absolute atomic E-state index is 0. The van der Waals surface area contributed by atoms with Crippen molar-refractivity contribution in [3.8, 4) is 0 Å². The van der Waals surface area contributed by atoms with Gasteiger partial charge in [-0.05, 0) is 0 Å². The number of hydrogen-bond donors (Lipinski definition) is 0. The molecule has 0 atom stereocenters. The normalized spacial score (nSPS) is 12.7. The monoisotopic (exact) mass is 203 g/mol. The number of hydrogen-bond acceptors (Lipinski definition) is 4. The molecular weight excluding hydrogens is 190 g/mol. The highest BCUT2D eigenvalue weighted by Gasteiger charge is 2.20. The third-order valence-corrected chi connectivity index (χ3v) is 4.43. The van der Waals surface area contributed by atoms with Crippen molar-refractivity contribution in [2.75, 3.05) is 19.6 Å². The summed E-state index contributed by atoms with van der Waals surface area (Å²) in [6.45, 7) is 0. The predicted octanol–water partition coefficient (Wildman–Crippen LogP) is -0.526. The van der Waals surface area contributed by atoms with Gasteiger partial charge in [0.2, 0.25) is 20.0 Å². The van der Waals surface area contributed by atoms with Gasteiger partial charge in [0.25, 0.3) is 0 Å². The zero-order chi connectivity index (χ0) is 8.58. The molecule has 7 heteroatoms. The maximum absolute atomic E-state index is 10.5. The van der Waals surface area contributed by atoms with Crippen molar-refractivity contribution in [2.24, 2.45) is 0 Å². The van der Waals surface area contributed by atoms with E-state index in [9.17, 15) is 16.8 Å². The van der Waals surface area contributed by atoms with E-state index in [0.29, 0.717) is 3.71 Å². The third-order valence-electron chi connectivity index (χ3n) is 0.934. The van der Waals surface area contributed by atoms with Crippen molar-refractivity contribution in [1.29, 1.82) is 0 Å². The van der Waals surface area contributed by atoms with Gasteiger partial charge in [-0.25, -0.2) is 16.8 Å². The van der Waals surface area contributed by atoms with Crippen LogP contribution in [-0.2, 0) is 20.0 Å². The fraction of sp³-hybridized carbons (Fsp3) is 1.00. The van der Waals surface area contributed by atoms with E-state index in [4.69, 9.17) is 0 Å². The lowest BCUT2D eigenvalue weighted by Gasteiger charge is -2.09. The minimum Gasteiger partial charge on any atom is -0.212 e. The maximum atomic E-state index is 10.5. The summed E-state index contributed by atoms with van der Waals surface area (Å²) in [7, 11) is -6.24. The van der Waals surface area contributed by atoms with E-state index >= 15 is 0 Å². The van der Waals surface area contributed by atoms with E-state index in [0.717, 1.165) is 19.6 Å². The first-order valence-corrected chi connectivity index (χ1v) is 5.99. The highest BCUT2D eigenvalue weighted by atomic mass is 32.3. The second-order valence-electron chi connectivity index (χ2n) is 1.91. The average molecular weight is 203 g/mol. The van der Waals surface area contributed by atoms with Crippen molar-refractivity contribution in [1.82, 2.24) is 3.71 Å². The van der Waals surface area contributed by atoms with Crippen LogP contribution in [0.15, 0.2) is 0 Å². The number of rotatable bonds is 2. The molecule has 0 aliphatic carbocycles. The molecule has 5 nitrogen and oxygen atoms in total. The van der Waals surface area contributed by atoms with Gasteiger partial charge < -0.3 is 0 Å². The Morgan fingerprint density at radius 3 is 1.09 bits per heavy atom. The smallest absolute Gasteiger partial charge is 0.212 e. The molecule has 0 amide bonds. The van der Waals surface area contributed by atoms with E-state index in [1.54, 1.807) is 0 Å². The molecule has 0 aromatic carbocycles. The molecule has 0 fully saturated rings. The molecular formula is C4H13NO4S2. The predicted molar refractivity (Wildman–Crippen MR) is 44.2 cm³/mol. The number of nitrogens with zero attached hydrogens (tertiary/aromatic N) is 1. The Morgan fingerprint density at radius 2 is 1.09 bits per heavy atom. The lowest BCUT2D eigenvalue weighted by atomic mass is 11.6. The van der Waals surface area contributed by atoms with Crippen LogP contribution in [0.25, 0.3) is 0 Å². The molecule has 0 radical (unpaired) electrons. The van der Waals surface area contributed by atoms with Gasteiger partial charge in [0, 0.05) is 7.05 Å². The van der Waals surface area contributed by atoms with Crippen molar-refractivity contribution in [2.45, 2.75) is 7.43 Å². The molecule has 11 heavy (non-hydrogen) atoms. The topological polar surface area (TPSA) is 71.5 Å². The molecule has 0 saturated heterocycles. The fourth-order valence-corrected chi connectivity index (χ4v) is 2.21. The molecule has 0 rings (SSSR count). The van der Waals surface area contributed by atoms with Crippen molar-refractivity contribution in [3.63, 3.8) is 0 Å². The van der Waals surface area contributed by atoms with E-state index in [-0.39, 0.29) is 7.43 Å². The Kier molecular flexibility index (Phi) is 4.29. The lowest BCUT2D eigenvalue weighted by molar-refractivity contribution is 0.534. The van der Waals surface area contributed by atoms with Crippen LogP contribution in [0.5, 0.6) is 0 Å². The van der Waals surface area contributed by atoms with Crippen LogP contribution < -0.4 is 0 Å². The third kappa shape index (κ3) is 4.33. The molecule has 0 aromatic heterocycles. The molecule has 0 aliphatic heterocycles. The van der Waals surface area contributed by atoms with Crippen LogP contribution in [0, 0.1) is 0 Å². The summed E-state index contributed by atoms with van der Waals surface area (Å²) >= 11 is 0. The maximum Gasteiger partial charge on any atom is 0.223 e. The molecule has 0 unspecified atom stereocenters. The first-order chi connectivity index (χ1) is 4.15. The van der Waals surface area contributed by atoms with Gasteiger partial charge in [-0.15, -0.1) is 0 Å². The van der Waals surface area contributed by atoms with Crippen molar-refractivity contribution < 1.29 is 16.8 Å². The molecule has 0 saturated carbocycles. The van der Waals surface area contributed by atoms with E-state index in [1.165, 1.54) is 0 Å². The van der Waals surface area contributed by atoms with Gasteiger partial charge in [-0.2, -0.15) is 0 Å². The minimum atomic E-state index is -3.62. The van der Waals surface area contributed by atoms with Crippen molar-refractivity contribution in [3.05, 3.63) is 0 Å². The van der Waals surface area contributed by atoms with Crippen LogP contribution in [0.3, 0.4) is 0 Å². The molecule has 0 spiro atoms. The second-order valence-corrected chi connectivity index (χ2v) is 6.16. The van der Waals surface area contributed by atoms with Crippen LogP contribution in [0.2, 0.25) is 0 Å². The van der Waals surface area contributed by atoms with Crippen LogP contribution in [0.1, 0.15) is 7.43 Å². The summed E-state index contributed by atoms with van der Waals surface area (Å²) in [4.78, 5) is 0. The Morgan fingerprint density at radius 1 is 0.909 bits per heavy atom. The van der Waals surface area contributed by atoms with Gasteiger partial charge in [0.05, 0.1) is 12.5 Å². The molecule has 70 valence electrons. The second kappa shape index (κ2) is 3.51. The van der Waals surface area contributed by atoms with Gasteiger partial charge in [0.1, 0.15) is 0 Å². The van der Waals surface area contributed by atoms with E-state index in [1.807, 2.05) is 0 Å². The average Bonchev–Trinajstić information content (AvgIpc) is 1.59. The van der Waals surface area contributed by atoms with Crippen LogP contribution >= 0.6 is 0 Å². The zero-order valence-electron chi connectivity index (χ0n) is 5.90. The first kappa shape index (κ1) is 13.4. The highest BCUT2D eigenvalue weighted by molar-refractivity contribution is 8.03. The molecule has 0 aromatic rings. The zero-order valence-corrected chi connectivity index (χ0v) is 7.53. The molecule has 0 N–H and O–H groups in total. The first-order valence-electron chi connectivity index (χ1n) is 2.30. The Balaban J connectivity index is 0. The fourth-order valence-electron chi connectivity index (χ4n) is 0.246. The molecule has 0 aliphatic rings. The Bertz CT molecular complexity index is 269. The van der Waals surface area contributed by atoms with Crippen LogP contribution in [-0.4, -0.2) is 40.1 Å². The summed E-state index contributed by atoms with van der Waals surface area (Å²) in [5, 5.41) is 0. The summed E-state index contributed by atoms with van der Waals surface area (Å²) in [6, 6.07) is 0.